The first kappa shape index (κ1) is 21.4. The van der Waals surface area contributed by atoms with E-state index in [9.17, 15) is 9.90 Å². The van der Waals surface area contributed by atoms with Crippen LogP contribution in [0.1, 0.15) is 58.4 Å². The maximum absolute atomic E-state index is 12.5. The zero-order valence-corrected chi connectivity index (χ0v) is 17.1. The summed E-state index contributed by atoms with van der Waals surface area (Å²) in [5.74, 6) is 0.723. The van der Waals surface area contributed by atoms with Crippen LogP contribution in [0.4, 0.5) is 0 Å². The normalized spacial score (nSPS) is 21.2. The van der Waals surface area contributed by atoms with E-state index in [0.717, 1.165) is 55.8 Å². The van der Waals surface area contributed by atoms with E-state index in [4.69, 9.17) is 4.74 Å². The van der Waals surface area contributed by atoms with E-state index in [1.807, 2.05) is 32.9 Å². The number of ketones is 1. The van der Waals surface area contributed by atoms with Gasteiger partial charge in [-0.2, -0.15) is 0 Å². The molecule has 1 fully saturated rings. The van der Waals surface area contributed by atoms with E-state index in [1.165, 1.54) is 5.59 Å². The van der Waals surface area contributed by atoms with Crippen molar-refractivity contribution in [3.63, 3.8) is 0 Å². The summed E-state index contributed by atoms with van der Waals surface area (Å²) in [6, 6.07) is 7.41. The van der Waals surface area contributed by atoms with Crippen LogP contribution in [0.3, 0.4) is 0 Å². The number of nitrogens with zero attached hydrogens (tertiary/aromatic N) is 1. The summed E-state index contributed by atoms with van der Waals surface area (Å²) in [5.41, 5.74) is 4.35. The van der Waals surface area contributed by atoms with Gasteiger partial charge in [-0.15, -0.1) is 0 Å². The molecule has 2 aliphatic rings. The number of phenols is 1. The fourth-order valence-electron chi connectivity index (χ4n) is 3.73. The van der Waals surface area contributed by atoms with Crippen molar-refractivity contribution in [3.05, 3.63) is 40.9 Å². The van der Waals surface area contributed by atoms with Gasteiger partial charge in [-0.1, -0.05) is 13.8 Å². The maximum atomic E-state index is 12.5. The van der Waals surface area contributed by atoms with E-state index in [2.05, 4.69) is 18.7 Å². The molecule has 0 spiro atoms. The summed E-state index contributed by atoms with van der Waals surface area (Å²) in [6.07, 6.45) is 2.47. The van der Waals surface area contributed by atoms with Crippen molar-refractivity contribution in [1.82, 2.24) is 4.90 Å². The molecule has 1 aromatic carbocycles. The number of allylic oxidation sites excluding steroid dienone is 2. The Kier molecular flexibility index (Phi) is 8.30. The number of phenolic OH excluding ortho intramolecular Hbond substituents is 1. The van der Waals surface area contributed by atoms with Crippen molar-refractivity contribution in [2.45, 2.75) is 52.9 Å². The van der Waals surface area contributed by atoms with Crippen LogP contribution in [0.15, 0.2) is 35.3 Å². The number of ether oxygens (including phenoxy) is 1. The average molecular weight is 369 g/mol. The Labute approximate surface area is 164 Å². The molecule has 1 atom stereocenters. The molecule has 0 amide bonds. The van der Waals surface area contributed by atoms with Gasteiger partial charge in [0.1, 0.15) is 0 Å². The fourth-order valence-corrected chi connectivity index (χ4v) is 3.73. The molecule has 1 unspecified atom stereocenters. The van der Waals surface area contributed by atoms with Gasteiger partial charge >= 0.3 is 150 Å². The van der Waals surface area contributed by atoms with Crippen molar-refractivity contribution in [3.8, 4) is 5.75 Å². The second-order valence-corrected chi connectivity index (χ2v) is 6.93. The van der Waals surface area contributed by atoms with Gasteiger partial charge in [-0.3, -0.25) is 0 Å². The SMILES string of the molecule is CC.CC(=BC1=C(C)C(=O)CCCC1c1ccc(O)cc1)N1CCOCC1. The first-order valence-electron chi connectivity index (χ1n) is 10.1. The Hall–Kier alpha value is -1.88. The van der Waals surface area contributed by atoms with Crippen molar-refractivity contribution in [2.75, 3.05) is 26.3 Å². The zero-order valence-electron chi connectivity index (χ0n) is 17.1. The number of hydrogen-bond donors (Lipinski definition) is 1. The molecule has 0 aromatic heterocycles. The van der Waals surface area contributed by atoms with Gasteiger partial charge in [0.05, 0.1) is 0 Å². The molecule has 27 heavy (non-hydrogen) atoms. The predicted octanol–water partition coefficient (Wildman–Crippen LogP) is 3.72. The number of aromatic hydroxyl groups is 1. The van der Waals surface area contributed by atoms with Gasteiger partial charge in [0.15, 0.2) is 0 Å². The topological polar surface area (TPSA) is 49.8 Å². The summed E-state index contributed by atoms with van der Waals surface area (Å²) < 4.78 is 5.44. The minimum atomic E-state index is 0.197. The van der Waals surface area contributed by atoms with Crippen LogP contribution in [-0.2, 0) is 9.53 Å². The third-order valence-corrected chi connectivity index (χ3v) is 5.29. The van der Waals surface area contributed by atoms with E-state index in [-0.39, 0.29) is 17.5 Å². The summed E-state index contributed by atoms with van der Waals surface area (Å²) in [5, 5.41) is 9.59. The third kappa shape index (κ3) is 5.55. The van der Waals surface area contributed by atoms with E-state index in [0.29, 0.717) is 6.42 Å². The van der Waals surface area contributed by atoms with Crippen LogP contribution in [0.2, 0.25) is 0 Å². The van der Waals surface area contributed by atoms with Gasteiger partial charge in [-0.05, 0) is 0 Å². The molecule has 4 nitrogen and oxygen atoms in total. The molecule has 0 saturated carbocycles. The summed E-state index contributed by atoms with van der Waals surface area (Å²) in [6.45, 7) is 13.6. The Morgan fingerprint density at radius 3 is 2.44 bits per heavy atom. The first-order chi connectivity index (χ1) is 13.1. The predicted molar refractivity (Wildman–Crippen MR) is 113 cm³/mol. The molecule has 1 heterocycles. The molecule has 1 saturated heterocycles. The Bertz CT molecular complexity index is 688. The molecule has 1 aromatic rings. The zero-order chi connectivity index (χ0) is 19.8. The third-order valence-electron chi connectivity index (χ3n) is 5.29. The van der Waals surface area contributed by atoms with Gasteiger partial charge in [0, 0.05) is 0 Å². The molecule has 1 aliphatic heterocycles. The molecule has 0 radical (unpaired) electrons. The van der Waals surface area contributed by atoms with Crippen LogP contribution < -0.4 is 0 Å². The summed E-state index contributed by atoms with van der Waals surface area (Å²) in [4.78, 5) is 14.8. The van der Waals surface area contributed by atoms with Gasteiger partial charge in [0.2, 0.25) is 0 Å². The molecule has 5 heteroatoms. The monoisotopic (exact) mass is 369 g/mol. The molecule has 1 aliphatic carbocycles. The summed E-state index contributed by atoms with van der Waals surface area (Å²) in [7, 11) is 0. The number of morpholine rings is 1. The van der Waals surface area contributed by atoms with E-state index in [1.54, 1.807) is 12.1 Å². The number of hydrogen-bond acceptors (Lipinski definition) is 4. The number of rotatable bonds is 3. The van der Waals surface area contributed by atoms with E-state index >= 15 is 0 Å². The van der Waals surface area contributed by atoms with Crippen molar-refractivity contribution in [2.24, 2.45) is 0 Å². The number of carbonyl (C=O) groups is 1. The van der Waals surface area contributed by atoms with Crippen molar-refractivity contribution >= 4 is 18.3 Å². The number of benzene rings is 1. The quantitative estimate of drug-likeness (QED) is 0.826. The Morgan fingerprint density at radius 1 is 1.19 bits per heavy atom. The van der Waals surface area contributed by atoms with Crippen LogP contribution in [0.5, 0.6) is 5.75 Å². The van der Waals surface area contributed by atoms with Gasteiger partial charge < -0.3 is 0 Å². The van der Waals surface area contributed by atoms with E-state index < -0.39 is 0 Å². The standard InChI is InChI=1S/C20H26BNO3.C2H6/c1-14-19(24)5-3-4-18(16-6-8-17(23)9-7-16)20(14)21-15(2)22-10-12-25-13-11-22;1-2/h6-9,18,23H,3-5,10-13H2,1-2H3;1-2H3. The first-order valence-corrected chi connectivity index (χ1v) is 10.1. The minimum absolute atomic E-state index is 0.197. The van der Waals surface area contributed by atoms with Crippen molar-refractivity contribution < 1.29 is 14.6 Å². The molecule has 1 N–H and O–H groups in total. The van der Waals surface area contributed by atoms with Gasteiger partial charge in [0.25, 0.3) is 0 Å². The van der Waals surface area contributed by atoms with Crippen LogP contribution in [0.25, 0.3) is 0 Å². The van der Waals surface area contributed by atoms with Crippen molar-refractivity contribution in [1.29, 1.82) is 0 Å². The number of Topliss-reactive ketones (excluding diaryl/α,β-unsaturated/α-hetero) is 1. The average Bonchev–Trinajstić information content (AvgIpc) is 2.84. The van der Waals surface area contributed by atoms with Crippen LogP contribution in [-0.4, -0.2) is 54.6 Å². The fraction of sp³-hybridized carbons (Fsp3) is 0.545. The Balaban J connectivity index is 0.00000126. The van der Waals surface area contributed by atoms with Crippen LogP contribution in [0, 0.1) is 0 Å². The second-order valence-electron chi connectivity index (χ2n) is 6.93. The number of carbonyl (C=O) groups excluding carboxylic acids is 1. The van der Waals surface area contributed by atoms with Crippen LogP contribution >= 0.6 is 0 Å². The molecular formula is C22H32BNO3. The summed E-state index contributed by atoms with van der Waals surface area (Å²) >= 11 is 0. The molecule has 146 valence electrons. The molecular weight excluding hydrogens is 337 g/mol. The van der Waals surface area contributed by atoms with Gasteiger partial charge in [-0.25, -0.2) is 0 Å². The molecule has 0 bridgehead atoms. The Morgan fingerprint density at radius 2 is 1.81 bits per heavy atom. The molecule has 3 rings (SSSR count). The second kappa shape index (κ2) is 10.5.